The van der Waals surface area contributed by atoms with E-state index in [0.717, 1.165) is 27.8 Å². The first kappa shape index (κ1) is 19.2. The van der Waals surface area contributed by atoms with Crippen molar-refractivity contribution in [1.82, 2.24) is 10.2 Å². The van der Waals surface area contributed by atoms with Gasteiger partial charge in [0, 0.05) is 23.7 Å². The fourth-order valence-electron chi connectivity index (χ4n) is 2.52. The zero-order valence-electron chi connectivity index (χ0n) is 14.6. The number of nitrogens with one attached hydrogen (secondary N) is 1. The maximum Gasteiger partial charge on any atom is 0.293 e. The van der Waals surface area contributed by atoms with Gasteiger partial charge in [0.25, 0.3) is 17.1 Å². The number of hydrogen-bond acceptors (Lipinski definition) is 4. The van der Waals surface area contributed by atoms with Gasteiger partial charge in [-0.3, -0.25) is 19.3 Å². The quantitative estimate of drug-likeness (QED) is 0.767. The van der Waals surface area contributed by atoms with E-state index in [0.29, 0.717) is 15.5 Å². The van der Waals surface area contributed by atoms with Crippen LogP contribution in [0.15, 0.2) is 53.4 Å². The lowest BCUT2D eigenvalue weighted by molar-refractivity contribution is -0.122. The molecule has 1 aliphatic heterocycles. The topological polar surface area (TPSA) is 66.5 Å². The van der Waals surface area contributed by atoms with Crippen LogP contribution in [-0.2, 0) is 4.79 Å². The fraction of sp³-hybridized carbons (Fsp3) is 0.150. The number of imide groups is 1. The van der Waals surface area contributed by atoms with Gasteiger partial charge in [0.2, 0.25) is 0 Å². The molecule has 1 fully saturated rings. The highest BCUT2D eigenvalue weighted by Crippen LogP contribution is 2.31. The smallest absolute Gasteiger partial charge is 0.293 e. The Kier molecular flexibility index (Phi) is 5.98. The number of carbonyl (C=O) groups excluding carboxylic acids is 3. The van der Waals surface area contributed by atoms with Crippen LogP contribution in [0.1, 0.15) is 21.5 Å². The van der Waals surface area contributed by atoms with Gasteiger partial charge >= 0.3 is 0 Å². The van der Waals surface area contributed by atoms with Crippen molar-refractivity contribution in [3.63, 3.8) is 0 Å². The number of benzene rings is 2. The average Bonchev–Trinajstić information content (AvgIpc) is 2.91. The summed E-state index contributed by atoms with van der Waals surface area (Å²) in [5, 5.41) is 2.82. The molecule has 0 aromatic heterocycles. The van der Waals surface area contributed by atoms with E-state index in [9.17, 15) is 14.4 Å². The van der Waals surface area contributed by atoms with Crippen molar-refractivity contribution >= 4 is 46.5 Å². The molecule has 5 nitrogen and oxygen atoms in total. The van der Waals surface area contributed by atoms with Gasteiger partial charge in [-0.15, -0.1) is 0 Å². The Hall–Kier alpha value is -2.57. The summed E-state index contributed by atoms with van der Waals surface area (Å²) >= 11 is 6.78. The van der Waals surface area contributed by atoms with E-state index >= 15 is 0 Å². The van der Waals surface area contributed by atoms with Crippen LogP contribution in [0.25, 0.3) is 6.08 Å². The van der Waals surface area contributed by atoms with Crippen LogP contribution in [0, 0.1) is 6.92 Å². The molecule has 2 aromatic rings. The standard InChI is InChI=1S/C20H17ClN2O3S/c1-13-5-7-14(8-6-13)11-17-19(25)23(20(26)27-17)10-9-22-18(24)15-3-2-4-16(21)12-15/h2-8,11-12H,9-10H2,1H3,(H,22,24). The summed E-state index contributed by atoms with van der Waals surface area (Å²) in [5.74, 6) is -0.651. The number of nitrogens with zero attached hydrogens (tertiary/aromatic N) is 1. The summed E-state index contributed by atoms with van der Waals surface area (Å²) in [6.07, 6.45) is 1.70. The number of rotatable bonds is 5. The first-order valence-corrected chi connectivity index (χ1v) is 9.49. The summed E-state index contributed by atoms with van der Waals surface area (Å²) in [5.41, 5.74) is 2.41. The molecule has 0 spiro atoms. The molecule has 0 atom stereocenters. The molecule has 1 N–H and O–H groups in total. The molecule has 0 unspecified atom stereocenters. The Balaban J connectivity index is 1.59. The van der Waals surface area contributed by atoms with Gasteiger partial charge in [0.1, 0.15) is 0 Å². The predicted octanol–water partition coefficient (Wildman–Crippen LogP) is 4.11. The number of hydrogen-bond donors (Lipinski definition) is 1. The Morgan fingerprint density at radius 3 is 2.63 bits per heavy atom. The van der Waals surface area contributed by atoms with Crippen LogP contribution in [0.3, 0.4) is 0 Å². The van der Waals surface area contributed by atoms with Crippen LogP contribution in [0.2, 0.25) is 5.02 Å². The first-order chi connectivity index (χ1) is 12.9. The number of aryl methyl sites for hydroxylation is 1. The van der Waals surface area contributed by atoms with E-state index in [2.05, 4.69) is 5.32 Å². The predicted molar refractivity (Wildman–Crippen MR) is 108 cm³/mol. The second-order valence-electron chi connectivity index (χ2n) is 6.01. The third kappa shape index (κ3) is 4.78. The largest absolute Gasteiger partial charge is 0.350 e. The highest BCUT2D eigenvalue weighted by molar-refractivity contribution is 8.18. The summed E-state index contributed by atoms with van der Waals surface area (Å²) < 4.78 is 0. The summed E-state index contributed by atoms with van der Waals surface area (Å²) in [7, 11) is 0. The normalized spacial score (nSPS) is 15.5. The lowest BCUT2D eigenvalue weighted by atomic mass is 10.1. The van der Waals surface area contributed by atoms with E-state index in [4.69, 9.17) is 11.6 Å². The van der Waals surface area contributed by atoms with Crippen molar-refractivity contribution < 1.29 is 14.4 Å². The average molecular weight is 401 g/mol. The van der Waals surface area contributed by atoms with Crippen LogP contribution in [-0.4, -0.2) is 35.0 Å². The molecule has 1 aliphatic rings. The van der Waals surface area contributed by atoms with Gasteiger partial charge in [-0.1, -0.05) is 47.5 Å². The van der Waals surface area contributed by atoms with Crippen LogP contribution in [0.5, 0.6) is 0 Å². The van der Waals surface area contributed by atoms with Gasteiger partial charge in [-0.25, -0.2) is 0 Å². The summed E-state index contributed by atoms with van der Waals surface area (Å²) in [4.78, 5) is 38.2. The second kappa shape index (κ2) is 8.41. The molecular formula is C20H17ClN2O3S. The maximum atomic E-state index is 12.5. The Labute approximate surface area is 166 Å². The van der Waals surface area contributed by atoms with Crippen molar-refractivity contribution in [3.8, 4) is 0 Å². The molecule has 0 bridgehead atoms. The maximum absolute atomic E-state index is 12.5. The van der Waals surface area contributed by atoms with Crippen molar-refractivity contribution in [1.29, 1.82) is 0 Å². The number of thioether (sulfide) groups is 1. The highest BCUT2D eigenvalue weighted by atomic mass is 35.5. The van der Waals surface area contributed by atoms with E-state index in [1.807, 2.05) is 31.2 Å². The minimum atomic E-state index is -0.345. The molecule has 1 saturated heterocycles. The van der Waals surface area contributed by atoms with E-state index in [1.54, 1.807) is 30.3 Å². The van der Waals surface area contributed by atoms with E-state index in [1.165, 1.54) is 0 Å². The fourth-order valence-corrected chi connectivity index (χ4v) is 3.58. The number of amides is 3. The SMILES string of the molecule is Cc1ccc(C=C2SC(=O)N(CCNC(=O)c3cccc(Cl)c3)C2=O)cc1. The van der Waals surface area contributed by atoms with E-state index < -0.39 is 0 Å². The Morgan fingerprint density at radius 2 is 1.93 bits per heavy atom. The van der Waals surface area contributed by atoms with Crippen LogP contribution >= 0.6 is 23.4 Å². The third-order valence-corrected chi connectivity index (χ3v) is 5.10. The van der Waals surface area contributed by atoms with Gasteiger partial charge in [-0.05, 0) is 48.5 Å². The van der Waals surface area contributed by atoms with Crippen molar-refractivity contribution in [2.24, 2.45) is 0 Å². The van der Waals surface area contributed by atoms with Crippen molar-refractivity contribution in [2.75, 3.05) is 13.1 Å². The third-order valence-electron chi connectivity index (χ3n) is 3.96. The summed E-state index contributed by atoms with van der Waals surface area (Å²) in [6.45, 7) is 2.26. The van der Waals surface area contributed by atoms with Gasteiger partial charge in [-0.2, -0.15) is 0 Å². The molecule has 0 aliphatic carbocycles. The molecule has 27 heavy (non-hydrogen) atoms. The van der Waals surface area contributed by atoms with Crippen molar-refractivity contribution in [3.05, 3.63) is 75.1 Å². The monoisotopic (exact) mass is 400 g/mol. The minimum absolute atomic E-state index is 0.113. The molecule has 2 aromatic carbocycles. The molecule has 3 amide bonds. The number of carbonyl (C=O) groups is 3. The Morgan fingerprint density at radius 1 is 1.19 bits per heavy atom. The van der Waals surface area contributed by atoms with Gasteiger partial charge < -0.3 is 5.32 Å². The molecule has 0 saturated carbocycles. The van der Waals surface area contributed by atoms with Gasteiger partial charge in [0.05, 0.1) is 4.91 Å². The Bertz CT molecular complexity index is 925. The molecular weight excluding hydrogens is 384 g/mol. The van der Waals surface area contributed by atoms with Gasteiger partial charge in [0.15, 0.2) is 0 Å². The molecule has 3 rings (SSSR count). The summed E-state index contributed by atoms with van der Waals surface area (Å²) in [6, 6.07) is 14.3. The van der Waals surface area contributed by atoms with Crippen LogP contribution in [0.4, 0.5) is 4.79 Å². The lowest BCUT2D eigenvalue weighted by Crippen LogP contribution is -2.37. The van der Waals surface area contributed by atoms with E-state index in [-0.39, 0.29) is 30.1 Å². The van der Waals surface area contributed by atoms with Crippen molar-refractivity contribution in [2.45, 2.75) is 6.92 Å². The first-order valence-electron chi connectivity index (χ1n) is 8.30. The number of halogens is 1. The highest BCUT2D eigenvalue weighted by Gasteiger charge is 2.34. The zero-order valence-corrected chi connectivity index (χ0v) is 16.1. The second-order valence-corrected chi connectivity index (χ2v) is 7.44. The minimum Gasteiger partial charge on any atom is -0.350 e. The zero-order chi connectivity index (χ0) is 19.4. The molecule has 0 radical (unpaired) electrons. The molecule has 1 heterocycles. The van der Waals surface area contributed by atoms with Crippen LogP contribution < -0.4 is 5.32 Å². The molecule has 138 valence electrons. The molecule has 7 heteroatoms. The lowest BCUT2D eigenvalue weighted by Gasteiger charge is -2.13.